The summed E-state index contributed by atoms with van der Waals surface area (Å²) in [6.45, 7) is 8.15. The van der Waals surface area contributed by atoms with Gasteiger partial charge in [0.2, 0.25) is 0 Å². The average molecular weight is 299 g/mol. The van der Waals surface area contributed by atoms with Gasteiger partial charge in [0.1, 0.15) is 17.5 Å². The molecule has 2 unspecified atom stereocenters. The van der Waals surface area contributed by atoms with Crippen LogP contribution < -0.4 is 16.6 Å². The molecule has 0 aliphatic carbocycles. The third kappa shape index (κ3) is 3.97. The fourth-order valence-electron chi connectivity index (χ4n) is 1.82. The molecular weight excluding hydrogens is 274 g/mol. The molecule has 0 amide bonds. The summed E-state index contributed by atoms with van der Waals surface area (Å²) in [4.78, 5) is 8.96. The van der Waals surface area contributed by atoms with Gasteiger partial charge in [0.05, 0.1) is 6.61 Å². The van der Waals surface area contributed by atoms with Crippen LogP contribution in [0.1, 0.15) is 38.1 Å². The Morgan fingerprint density at radius 3 is 2.30 bits per heavy atom. The van der Waals surface area contributed by atoms with E-state index in [1.54, 1.807) is 11.8 Å². The molecule has 0 aliphatic rings. The average Bonchev–Trinajstić information content (AvgIpc) is 2.42. The van der Waals surface area contributed by atoms with Gasteiger partial charge in [-0.1, -0.05) is 13.8 Å². The van der Waals surface area contributed by atoms with Gasteiger partial charge in [-0.05, 0) is 20.1 Å². The summed E-state index contributed by atoms with van der Waals surface area (Å²) in [5, 5.41) is 12.8. The number of hydrazine groups is 1. The van der Waals surface area contributed by atoms with Crippen LogP contribution in [0.2, 0.25) is 0 Å². The van der Waals surface area contributed by atoms with Crippen molar-refractivity contribution in [3.8, 4) is 0 Å². The lowest BCUT2D eigenvalue weighted by atomic mass is 10.2. The van der Waals surface area contributed by atoms with Gasteiger partial charge in [-0.3, -0.25) is 0 Å². The Labute approximate surface area is 124 Å². The molecule has 0 aromatic carbocycles. The van der Waals surface area contributed by atoms with Gasteiger partial charge in [-0.2, -0.15) is 11.8 Å². The molecule has 5 N–H and O–H groups in total. The van der Waals surface area contributed by atoms with Crippen LogP contribution in [0.5, 0.6) is 0 Å². The third-order valence-electron chi connectivity index (χ3n) is 3.22. The first kappa shape index (κ1) is 17.0. The maximum absolute atomic E-state index is 9.36. The summed E-state index contributed by atoms with van der Waals surface area (Å²) in [5.41, 5.74) is 3.49. The molecule has 0 spiro atoms. The molecule has 1 heterocycles. The van der Waals surface area contributed by atoms with Gasteiger partial charge < -0.3 is 15.8 Å². The SMILES string of the molecule is CSC(CO)C(C)Nc1nc(C(C)C)nc(NN)c1C. The van der Waals surface area contributed by atoms with Gasteiger partial charge >= 0.3 is 0 Å². The van der Waals surface area contributed by atoms with Crippen molar-refractivity contribution in [3.05, 3.63) is 11.4 Å². The first-order valence-electron chi connectivity index (χ1n) is 6.69. The molecule has 1 rings (SSSR count). The van der Waals surface area contributed by atoms with Crippen molar-refractivity contribution < 1.29 is 5.11 Å². The first-order chi connectivity index (χ1) is 9.44. The molecule has 0 bridgehead atoms. The number of aromatic nitrogens is 2. The minimum absolute atomic E-state index is 0.0919. The number of thioether (sulfide) groups is 1. The number of nitrogens with one attached hydrogen (secondary N) is 2. The second-order valence-electron chi connectivity index (χ2n) is 5.09. The zero-order valence-electron chi connectivity index (χ0n) is 12.8. The molecule has 7 heteroatoms. The summed E-state index contributed by atoms with van der Waals surface area (Å²) in [6.07, 6.45) is 1.98. The first-order valence-corrected chi connectivity index (χ1v) is 7.98. The summed E-state index contributed by atoms with van der Waals surface area (Å²) in [7, 11) is 0. The summed E-state index contributed by atoms with van der Waals surface area (Å²) in [6, 6.07) is 0.0919. The van der Waals surface area contributed by atoms with E-state index in [1.165, 1.54) is 0 Å². The maximum Gasteiger partial charge on any atom is 0.148 e. The highest BCUT2D eigenvalue weighted by Gasteiger charge is 2.19. The standard InChI is InChI=1S/C13H25N5OS/c1-7(2)11-16-12(8(3)13(17-11)18-14)15-9(4)10(6-19)20-5/h7,9-10,19H,6,14H2,1-5H3,(H2,15,16,17,18). The monoisotopic (exact) mass is 299 g/mol. The molecule has 0 radical (unpaired) electrons. The Kier molecular flexibility index (Phi) is 6.51. The largest absolute Gasteiger partial charge is 0.395 e. The van der Waals surface area contributed by atoms with Gasteiger partial charge in [0.15, 0.2) is 0 Å². The Balaban J connectivity index is 3.07. The van der Waals surface area contributed by atoms with Crippen molar-refractivity contribution in [2.75, 3.05) is 23.6 Å². The molecule has 114 valence electrons. The zero-order valence-corrected chi connectivity index (χ0v) is 13.6. The van der Waals surface area contributed by atoms with Gasteiger partial charge in [-0.15, -0.1) is 0 Å². The fourth-order valence-corrected chi connectivity index (χ4v) is 2.44. The van der Waals surface area contributed by atoms with Crippen molar-refractivity contribution in [2.24, 2.45) is 5.84 Å². The van der Waals surface area contributed by atoms with E-state index in [9.17, 15) is 5.11 Å². The van der Waals surface area contributed by atoms with Crippen molar-refractivity contribution in [1.82, 2.24) is 9.97 Å². The van der Waals surface area contributed by atoms with E-state index >= 15 is 0 Å². The van der Waals surface area contributed by atoms with Crippen molar-refractivity contribution in [2.45, 2.75) is 44.9 Å². The molecule has 6 nitrogen and oxygen atoms in total. The van der Waals surface area contributed by atoms with E-state index in [-0.39, 0.29) is 23.8 Å². The van der Waals surface area contributed by atoms with Crippen LogP contribution in [-0.2, 0) is 0 Å². The smallest absolute Gasteiger partial charge is 0.148 e. The van der Waals surface area contributed by atoms with Crippen LogP contribution in [0.3, 0.4) is 0 Å². The number of anilines is 2. The van der Waals surface area contributed by atoms with Crippen LogP contribution in [0.15, 0.2) is 0 Å². The number of hydrogen-bond donors (Lipinski definition) is 4. The lowest BCUT2D eigenvalue weighted by molar-refractivity contribution is 0.288. The van der Waals surface area contributed by atoms with E-state index in [2.05, 4.69) is 20.7 Å². The third-order valence-corrected chi connectivity index (χ3v) is 4.38. The van der Waals surface area contributed by atoms with Crippen LogP contribution >= 0.6 is 11.8 Å². The fraction of sp³-hybridized carbons (Fsp3) is 0.692. The highest BCUT2D eigenvalue weighted by atomic mass is 32.2. The van der Waals surface area contributed by atoms with Gasteiger partial charge in [0.25, 0.3) is 0 Å². The molecule has 20 heavy (non-hydrogen) atoms. The van der Waals surface area contributed by atoms with Crippen LogP contribution in [0, 0.1) is 6.92 Å². The van der Waals surface area contributed by atoms with E-state index in [0.717, 1.165) is 17.2 Å². The Hall–Kier alpha value is -1.05. The number of nitrogens with two attached hydrogens (primary N) is 1. The summed E-state index contributed by atoms with van der Waals surface area (Å²) >= 11 is 1.63. The normalized spacial score (nSPS) is 14.2. The molecule has 2 atom stereocenters. The zero-order chi connectivity index (χ0) is 15.3. The predicted molar refractivity (Wildman–Crippen MR) is 86.1 cm³/mol. The molecule has 1 aromatic heterocycles. The molecule has 1 aromatic rings. The Bertz CT molecular complexity index is 437. The summed E-state index contributed by atoms with van der Waals surface area (Å²) in [5.74, 6) is 7.86. The summed E-state index contributed by atoms with van der Waals surface area (Å²) < 4.78 is 0. The number of nitrogen functional groups attached to an aromatic ring is 1. The molecule has 0 saturated heterocycles. The number of aliphatic hydroxyl groups is 1. The minimum Gasteiger partial charge on any atom is -0.395 e. The topological polar surface area (TPSA) is 96.1 Å². The minimum atomic E-state index is 0.0919. The number of aliphatic hydroxyl groups excluding tert-OH is 1. The van der Waals surface area contributed by atoms with Gasteiger partial charge in [-0.25, -0.2) is 15.8 Å². The van der Waals surface area contributed by atoms with Crippen LogP contribution in [0.25, 0.3) is 0 Å². The highest BCUT2D eigenvalue weighted by molar-refractivity contribution is 7.99. The van der Waals surface area contributed by atoms with Crippen molar-refractivity contribution in [1.29, 1.82) is 0 Å². The lowest BCUT2D eigenvalue weighted by Crippen LogP contribution is -2.32. The van der Waals surface area contributed by atoms with Crippen LogP contribution in [-0.4, -0.2) is 39.2 Å². The predicted octanol–water partition coefficient (Wildman–Crippen LogP) is 1.72. The van der Waals surface area contributed by atoms with E-state index < -0.39 is 0 Å². The molecule has 0 saturated carbocycles. The highest BCUT2D eigenvalue weighted by Crippen LogP contribution is 2.24. The number of rotatable bonds is 7. The second-order valence-corrected chi connectivity index (χ2v) is 6.17. The Morgan fingerprint density at radius 1 is 1.25 bits per heavy atom. The molecule has 0 fully saturated rings. The molecular formula is C13H25N5OS. The Morgan fingerprint density at radius 2 is 1.85 bits per heavy atom. The quantitative estimate of drug-likeness (QED) is 0.449. The van der Waals surface area contributed by atoms with Crippen LogP contribution in [0.4, 0.5) is 11.6 Å². The number of nitrogens with zero attached hydrogens (tertiary/aromatic N) is 2. The van der Waals surface area contributed by atoms with Gasteiger partial charge in [0, 0.05) is 22.8 Å². The molecule has 0 aliphatic heterocycles. The van der Waals surface area contributed by atoms with Crippen molar-refractivity contribution >= 4 is 23.4 Å². The number of hydrogen-bond acceptors (Lipinski definition) is 7. The van der Waals surface area contributed by atoms with E-state index in [1.807, 2.05) is 34.0 Å². The lowest BCUT2D eigenvalue weighted by Gasteiger charge is -2.24. The van der Waals surface area contributed by atoms with E-state index in [0.29, 0.717) is 5.82 Å². The van der Waals surface area contributed by atoms with Crippen molar-refractivity contribution in [3.63, 3.8) is 0 Å². The maximum atomic E-state index is 9.36. The van der Waals surface area contributed by atoms with E-state index in [4.69, 9.17) is 5.84 Å². The second kappa shape index (κ2) is 7.66.